The summed E-state index contributed by atoms with van der Waals surface area (Å²) in [4.78, 5) is 29.8. The summed E-state index contributed by atoms with van der Waals surface area (Å²) < 4.78 is 1.96. The van der Waals surface area contributed by atoms with Crippen molar-refractivity contribution in [1.29, 1.82) is 0 Å². The van der Waals surface area contributed by atoms with Crippen LogP contribution in [0, 0.1) is 6.92 Å². The molecule has 0 N–H and O–H groups in total. The van der Waals surface area contributed by atoms with Gasteiger partial charge >= 0.3 is 0 Å². The molecule has 4 rings (SSSR count). The van der Waals surface area contributed by atoms with Crippen molar-refractivity contribution in [1.82, 2.24) is 14.4 Å². The molecule has 5 nitrogen and oxygen atoms in total. The van der Waals surface area contributed by atoms with Gasteiger partial charge in [-0.1, -0.05) is 61.0 Å². The molecule has 3 atom stereocenters. The van der Waals surface area contributed by atoms with E-state index in [0.717, 1.165) is 40.8 Å². The van der Waals surface area contributed by atoms with Crippen molar-refractivity contribution in [2.75, 3.05) is 26.2 Å². The van der Waals surface area contributed by atoms with Crippen LogP contribution in [0.2, 0.25) is 5.02 Å². The fourth-order valence-electron chi connectivity index (χ4n) is 4.92. The topological polar surface area (TPSA) is 45.6 Å². The third kappa shape index (κ3) is 5.86. The zero-order chi connectivity index (χ0) is 25.1. The molecule has 1 fully saturated rings. The third-order valence-electron chi connectivity index (χ3n) is 7.04. The molecule has 0 radical (unpaired) electrons. The predicted octanol–water partition coefficient (Wildman–Crippen LogP) is 4.37. The van der Waals surface area contributed by atoms with Crippen LogP contribution in [-0.2, 0) is 11.3 Å². The Morgan fingerprint density at radius 1 is 0.943 bits per heavy atom. The van der Waals surface area contributed by atoms with Crippen LogP contribution in [0.5, 0.6) is 0 Å². The van der Waals surface area contributed by atoms with Crippen molar-refractivity contribution in [2.45, 2.75) is 39.3 Å². The fourth-order valence-corrected chi connectivity index (χ4v) is 5.24. The number of rotatable bonds is 6. The van der Waals surface area contributed by atoms with Gasteiger partial charge in [0, 0.05) is 61.8 Å². The number of amides is 1. The molecule has 1 amide bonds. The number of nitrogens with zero attached hydrogens (tertiary/aromatic N) is 3. The maximum atomic E-state index is 14.0. The molecule has 184 valence electrons. The average molecular weight is 510 g/mol. The van der Waals surface area contributed by atoms with Crippen LogP contribution in [0.15, 0.2) is 65.5 Å². The molecular formula is C28H33ClN3O2P. The maximum Gasteiger partial charge on any atom is 0.255 e. The molecule has 0 bridgehead atoms. The van der Waals surface area contributed by atoms with Crippen molar-refractivity contribution in [3.63, 3.8) is 0 Å². The summed E-state index contributed by atoms with van der Waals surface area (Å²) in [6, 6.07) is 20.1. The molecule has 1 aromatic heterocycles. The van der Waals surface area contributed by atoms with E-state index in [-0.39, 0.29) is 23.4 Å². The lowest BCUT2D eigenvalue weighted by Crippen LogP contribution is -2.48. The van der Waals surface area contributed by atoms with Crippen molar-refractivity contribution < 1.29 is 4.79 Å². The van der Waals surface area contributed by atoms with Crippen molar-refractivity contribution in [3.8, 4) is 0 Å². The number of halogens is 1. The van der Waals surface area contributed by atoms with Gasteiger partial charge < -0.3 is 9.47 Å². The van der Waals surface area contributed by atoms with E-state index in [1.54, 1.807) is 6.92 Å². The number of hydrogen-bond donors (Lipinski definition) is 0. The molecular weight excluding hydrogens is 477 g/mol. The lowest BCUT2D eigenvalue weighted by molar-refractivity contribution is -0.130. The second kappa shape index (κ2) is 11.1. The molecule has 2 heterocycles. The first-order chi connectivity index (χ1) is 16.7. The van der Waals surface area contributed by atoms with Gasteiger partial charge in [0.25, 0.3) is 5.56 Å². The Kier molecular flexibility index (Phi) is 8.11. The third-order valence-corrected chi connectivity index (χ3v) is 7.67. The molecule has 3 aromatic rings. The second-order valence-corrected chi connectivity index (χ2v) is 10.5. The van der Waals surface area contributed by atoms with Crippen LogP contribution >= 0.6 is 20.8 Å². The van der Waals surface area contributed by atoms with Gasteiger partial charge in [-0.3, -0.25) is 14.5 Å². The summed E-state index contributed by atoms with van der Waals surface area (Å²) in [5.41, 5.74) is 3.98. The van der Waals surface area contributed by atoms with Gasteiger partial charge in [-0.15, -0.1) is 9.24 Å². The largest absolute Gasteiger partial charge is 0.340 e. The van der Waals surface area contributed by atoms with E-state index in [2.05, 4.69) is 45.3 Å². The number of hydrogen-bond acceptors (Lipinski definition) is 3. The molecule has 1 aliphatic heterocycles. The van der Waals surface area contributed by atoms with E-state index in [1.807, 2.05) is 52.8 Å². The Labute approximate surface area is 214 Å². The molecule has 0 saturated carbocycles. The van der Waals surface area contributed by atoms with Gasteiger partial charge in [-0.2, -0.15) is 0 Å². The zero-order valence-electron chi connectivity index (χ0n) is 20.6. The van der Waals surface area contributed by atoms with Crippen LogP contribution in [0.1, 0.15) is 48.2 Å². The minimum Gasteiger partial charge on any atom is -0.340 e. The number of pyridine rings is 1. The Balaban J connectivity index is 1.71. The van der Waals surface area contributed by atoms with Crippen LogP contribution in [0.4, 0.5) is 0 Å². The quantitative estimate of drug-likeness (QED) is 0.464. The first-order valence-corrected chi connectivity index (χ1v) is 13.0. The van der Waals surface area contributed by atoms with Crippen LogP contribution in [0.25, 0.3) is 0 Å². The number of piperazine rings is 1. The minimum absolute atomic E-state index is 0.0414. The van der Waals surface area contributed by atoms with Gasteiger partial charge in [-0.25, -0.2) is 0 Å². The summed E-state index contributed by atoms with van der Waals surface area (Å²) in [6.45, 7) is 9.31. The van der Waals surface area contributed by atoms with E-state index in [0.29, 0.717) is 24.7 Å². The SMILES string of the molecule is CC(=O)N1CCN(Cc2ccc(C)n(C(c3ccc(P)cc3)C(C)c3ccc(Cl)cc3)c2=O)CC1. The Morgan fingerprint density at radius 2 is 1.54 bits per heavy atom. The molecule has 0 aliphatic carbocycles. The Hall–Kier alpha value is -2.46. The summed E-state index contributed by atoms with van der Waals surface area (Å²) >= 11 is 6.15. The van der Waals surface area contributed by atoms with Crippen LogP contribution < -0.4 is 10.9 Å². The number of aryl methyl sites for hydroxylation is 1. The highest BCUT2D eigenvalue weighted by molar-refractivity contribution is 7.27. The van der Waals surface area contributed by atoms with Gasteiger partial charge in [0.05, 0.1) is 6.04 Å². The second-order valence-electron chi connectivity index (χ2n) is 9.41. The molecule has 2 aromatic carbocycles. The molecule has 35 heavy (non-hydrogen) atoms. The Morgan fingerprint density at radius 3 is 2.14 bits per heavy atom. The standard InChI is InChI=1S/C28H33ClN3O2P/c1-19-4-5-24(18-30-14-16-31(17-15-30)21(3)33)28(34)32(19)27(23-8-12-26(35)13-9-23)20(2)22-6-10-25(29)11-7-22/h4-13,20,27H,14-18,35H2,1-3H3. The van der Waals surface area contributed by atoms with Gasteiger partial charge in [0.2, 0.25) is 5.91 Å². The summed E-state index contributed by atoms with van der Waals surface area (Å²) in [7, 11) is 2.72. The predicted molar refractivity (Wildman–Crippen MR) is 147 cm³/mol. The maximum absolute atomic E-state index is 14.0. The number of carbonyl (C=O) groups is 1. The first kappa shape index (κ1) is 25.6. The monoisotopic (exact) mass is 509 g/mol. The van der Waals surface area contributed by atoms with E-state index in [9.17, 15) is 9.59 Å². The zero-order valence-corrected chi connectivity index (χ0v) is 22.5. The van der Waals surface area contributed by atoms with Crippen LogP contribution in [-0.4, -0.2) is 46.5 Å². The number of benzene rings is 2. The Bertz CT molecular complexity index is 1230. The van der Waals surface area contributed by atoms with Crippen molar-refractivity contribution in [3.05, 3.63) is 98.4 Å². The molecule has 0 spiro atoms. The highest BCUT2D eigenvalue weighted by Crippen LogP contribution is 2.34. The van der Waals surface area contributed by atoms with E-state index >= 15 is 0 Å². The van der Waals surface area contributed by atoms with E-state index in [1.165, 1.54) is 0 Å². The first-order valence-electron chi connectivity index (χ1n) is 12.0. The lowest BCUT2D eigenvalue weighted by atomic mass is 9.87. The van der Waals surface area contributed by atoms with Crippen molar-refractivity contribution >= 4 is 32.1 Å². The number of aromatic nitrogens is 1. The normalized spacial score (nSPS) is 16.2. The molecule has 1 saturated heterocycles. The van der Waals surface area contributed by atoms with Crippen molar-refractivity contribution in [2.24, 2.45) is 0 Å². The highest BCUT2D eigenvalue weighted by atomic mass is 35.5. The fraction of sp³-hybridized carbons (Fsp3) is 0.357. The van der Waals surface area contributed by atoms with E-state index in [4.69, 9.17) is 11.6 Å². The molecule has 7 heteroatoms. The molecule has 3 unspecified atom stereocenters. The summed E-state index contributed by atoms with van der Waals surface area (Å²) in [5.74, 6) is 0.159. The molecule has 1 aliphatic rings. The van der Waals surface area contributed by atoms with Gasteiger partial charge in [-0.05, 0) is 41.6 Å². The van der Waals surface area contributed by atoms with E-state index < -0.39 is 0 Å². The summed E-state index contributed by atoms with van der Waals surface area (Å²) in [5, 5.41) is 1.80. The smallest absolute Gasteiger partial charge is 0.255 e. The van der Waals surface area contributed by atoms with Gasteiger partial charge in [0.1, 0.15) is 0 Å². The lowest BCUT2D eigenvalue weighted by Gasteiger charge is -2.34. The van der Waals surface area contributed by atoms with Gasteiger partial charge in [0.15, 0.2) is 0 Å². The highest BCUT2D eigenvalue weighted by Gasteiger charge is 2.27. The minimum atomic E-state index is -0.163. The number of carbonyl (C=O) groups excluding carboxylic acids is 1. The summed E-state index contributed by atoms with van der Waals surface area (Å²) in [6.07, 6.45) is 0. The average Bonchev–Trinajstić information content (AvgIpc) is 2.85. The van der Waals surface area contributed by atoms with Crippen LogP contribution in [0.3, 0.4) is 0 Å².